The molecule has 0 unspecified atom stereocenters. The highest BCUT2D eigenvalue weighted by Gasteiger charge is 2.13. The quantitative estimate of drug-likeness (QED) is 0.761. The minimum absolute atomic E-state index is 0.233. The predicted octanol–water partition coefficient (Wildman–Crippen LogP) is 1.75. The van der Waals surface area contributed by atoms with Crippen molar-refractivity contribution in [2.75, 3.05) is 5.32 Å². The Labute approximate surface area is 106 Å². The van der Waals surface area contributed by atoms with E-state index >= 15 is 0 Å². The number of fused-ring (bicyclic) bond motifs is 1. The molecular weight excluding hydrogens is 250 g/mol. The van der Waals surface area contributed by atoms with Crippen molar-refractivity contribution in [3.8, 4) is 0 Å². The van der Waals surface area contributed by atoms with Crippen molar-refractivity contribution in [1.82, 2.24) is 19.6 Å². The molecule has 3 heterocycles. The number of anilines is 1. The van der Waals surface area contributed by atoms with Crippen LogP contribution in [0.4, 0.5) is 5.13 Å². The molecule has 90 valence electrons. The largest absolute Gasteiger partial charge is 0.306 e. The molecule has 0 saturated carbocycles. The Hall–Kier alpha value is -2.28. The first kappa shape index (κ1) is 10.8. The van der Waals surface area contributed by atoms with Gasteiger partial charge in [-0.25, -0.2) is 4.98 Å². The maximum absolute atomic E-state index is 12.1. The van der Waals surface area contributed by atoms with Crippen molar-refractivity contribution >= 4 is 28.0 Å². The highest BCUT2D eigenvalue weighted by molar-refractivity contribution is 7.15. The molecule has 0 aliphatic rings. The van der Waals surface area contributed by atoms with E-state index in [2.05, 4.69) is 20.5 Å². The zero-order valence-electron chi connectivity index (χ0n) is 9.49. The molecule has 0 atom stereocenters. The van der Waals surface area contributed by atoms with Crippen LogP contribution in [0.1, 0.15) is 15.4 Å². The van der Waals surface area contributed by atoms with Crippen molar-refractivity contribution in [1.29, 1.82) is 0 Å². The van der Waals surface area contributed by atoms with Crippen LogP contribution in [0.25, 0.3) is 5.65 Å². The Bertz CT molecular complexity index is 717. The molecule has 3 aromatic rings. The number of rotatable bonds is 2. The number of hydrogen-bond donors (Lipinski definition) is 1. The monoisotopic (exact) mass is 259 g/mol. The van der Waals surface area contributed by atoms with Gasteiger partial charge in [-0.15, -0.1) is 10.2 Å². The maximum Gasteiger partial charge on any atom is 0.261 e. The molecule has 0 saturated heterocycles. The zero-order chi connectivity index (χ0) is 12.5. The molecule has 0 spiro atoms. The summed E-state index contributed by atoms with van der Waals surface area (Å²) < 4.78 is 1.79. The van der Waals surface area contributed by atoms with Crippen LogP contribution in [0.5, 0.6) is 0 Å². The predicted molar refractivity (Wildman–Crippen MR) is 67.8 cm³/mol. The van der Waals surface area contributed by atoms with Crippen molar-refractivity contribution in [3.05, 3.63) is 41.3 Å². The van der Waals surface area contributed by atoms with Gasteiger partial charge >= 0.3 is 0 Å². The molecule has 0 bridgehead atoms. The average molecular weight is 259 g/mol. The van der Waals surface area contributed by atoms with Crippen LogP contribution in [0.2, 0.25) is 0 Å². The molecule has 0 aromatic carbocycles. The fourth-order valence-electron chi connectivity index (χ4n) is 1.64. The molecule has 0 aliphatic carbocycles. The fourth-order valence-corrected chi connectivity index (χ4v) is 2.22. The van der Waals surface area contributed by atoms with Gasteiger partial charge in [0, 0.05) is 18.6 Å². The van der Waals surface area contributed by atoms with Gasteiger partial charge in [0.1, 0.15) is 10.7 Å². The van der Waals surface area contributed by atoms with Crippen LogP contribution in [0.15, 0.2) is 30.7 Å². The van der Waals surface area contributed by atoms with Gasteiger partial charge in [-0.1, -0.05) is 11.3 Å². The summed E-state index contributed by atoms with van der Waals surface area (Å²) in [5.41, 5.74) is 1.13. The van der Waals surface area contributed by atoms with E-state index < -0.39 is 0 Å². The average Bonchev–Trinajstić information content (AvgIpc) is 2.97. The van der Waals surface area contributed by atoms with Crippen molar-refractivity contribution in [2.24, 2.45) is 0 Å². The van der Waals surface area contributed by atoms with Crippen molar-refractivity contribution < 1.29 is 4.79 Å². The Balaban J connectivity index is 1.94. The lowest BCUT2D eigenvalue weighted by Gasteiger charge is -2.02. The third-order valence-corrected chi connectivity index (χ3v) is 3.16. The molecular formula is C11H9N5OS. The number of nitrogens with zero attached hydrogens (tertiary/aromatic N) is 4. The molecule has 1 N–H and O–H groups in total. The van der Waals surface area contributed by atoms with Crippen LogP contribution in [0, 0.1) is 6.92 Å². The summed E-state index contributed by atoms with van der Waals surface area (Å²) in [7, 11) is 0. The van der Waals surface area contributed by atoms with Gasteiger partial charge < -0.3 is 4.40 Å². The number of aromatic nitrogens is 4. The van der Waals surface area contributed by atoms with Gasteiger partial charge in [-0.05, 0) is 19.1 Å². The van der Waals surface area contributed by atoms with Gasteiger partial charge in [0.2, 0.25) is 5.13 Å². The topological polar surface area (TPSA) is 72.2 Å². The molecule has 6 nitrogen and oxygen atoms in total. The SMILES string of the molecule is Cc1nnc(NC(=O)c2cccn3ccnc23)s1. The number of imidazole rings is 1. The van der Waals surface area contributed by atoms with E-state index in [4.69, 9.17) is 0 Å². The number of pyridine rings is 1. The lowest BCUT2D eigenvalue weighted by atomic mass is 10.2. The number of amides is 1. The van der Waals surface area contributed by atoms with Gasteiger partial charge in [0.15, 0.2) is 0 Å². The van der Waals surface area contributed by atoms with Crippen molar-refractivity contribution in [2.45, 2.75) is 6.92 Å². The van der Waals surface area contributed by atoms with E-state index in [1.54, 1.807) is 28.9 Å². The molecule has 3 rings (SSSR count). The summed E-state index contributed by atoms with van der Waals surface area (Å²) in [6, 6.07) is 3.53. The highest BCUT2D eigenvalue weighted by atomic mass is 32.1. The first-order valence-electron chi connectivity index (χ1n) is 5.27. The minimum Gasteiger partial charge on any atom is -0.306 e. The zero-order valence-corrected chi connectivity index (χ0v) is 10.3. The number of nitrogens with one attached hydrogen (secondary N) is 1. The molecule has 0 aliphatic heterocycles. The summed E-state index contributed by atoms with van der Waals surface area (Å²) in [6.45, 7) is 1.84. The Morgan fingerprint density at radius 1 is 1.39 bits per heavy atom. The van der Waals surface area contributed by atoms with Gasteiger partial charge in [-0.3, -0.25) is 10.1 Å². The Kier molecular flexibility index (Phi) is 2.52. The molecule has 7 heteroatoms. The second-order valence-electron chi connectivity index (χ2n) is 3.66. The second-order valence-corrected chi connectivity index (χ2v) is 4.84. The summed E-state index contributed by atoms with van der Waals surface area (Å²) >= 11 is 1.34. The van der Waals surface area contributed by atoms with Crippen LogP contribution in [0.3, 0.4) is 0 Å². The molecule has 0 fully saturated rings. The third kappa shape index (κ3) is 1.84. The number of aryl methyl sites for hydroxylation is 1. The number of hydrogen-bond acceptors (Lipinski definition) is 5. The lowest BCUT2D eigenvalue weighted by Crippen LogP contribution is -2.13. The molecule has 18 heavy (non-hydrogen) atoms. The normalized spacial score (nSPS) is 10.7. The third-order valence-electron chi connectivity index (χ3n) is 2.41. The lowest BCUT2D eigenvalue weighted by molar-refractivity contribution is 0.102. The van der Waals surface area contributed by atoms with E-state index in [9.17, 15) is 4.79 Å². The number of carbonyl (C=O) groups is 1. The van der Waals surface area contributed by atoms with Crippen LogP contribution < -0.4 is 5.32 Å². The van der Waals surface area contributed by atoms with Gasteiger partial charge in [0.25, 0.3) is 5.91 Å². The summed E-state index contributed by atoms with van der Waals surface area (Å²) in [6.07, 6.45) is 5.29. The van der Waals surface area contributed by atoms with Gasteiger partial charge in [0.05, 0.1) is 5.56 Å². The van der Waals surface area contributed by atoms with E-state index in [1.807, 2.05) is 13.1 Å². The molecule has 3 aromatic heterocycles. The highest BCUT2D eigenvalue weighted by Crippen LogP contribution is 2.16. The van der Waals surface area contributed by atoms with E-state index in [-0.39, 0.29) is 5.91 Å². The first-order valence-corrected chi connectivity index (χ1v) is 6.09. The van der Waals surface area contributed by atoms with Crippen LogP contribution >= 0.6 is 11.3 Å². The van der Waals surface area contributed by atoms with E-state index in [0.717, 1.165) is 5.01 Å². The van der Waals surface area contributed by atoms with Crippen molar-refractivity contribution in [3.63, 3.8) is 0 Å². The summed E-state index contributed by atoms with van der Waals surface area (Å²) in [4.78, 5) is 16.3. The Morgan fingerprint density at radius 3 is 3.06 bits per heavy atom. The van der Waals surface area contributed by atoms with Crippen LogP contribution in [-0.2, 0) is 0 Å². The standard InChI is InChI=1S/C11H9N5OS/c1-7-14-15-11(18-7)13-10(17)8-3-2-5-16-6-4-12-9(8)16/h2-6H,1H3,(H,13,15,17). The van der Waals surface area contributed by atoms with Gasteiger partial charge in [-0.2, -0.15) is 0 Å². The van der Waals surface area contributed by atoms with E-state index in [1.165, 1.54) is 11.3 Å². The van der Waals surface area contributed by atoms with E-state index in [0.29, 0.717) is 16.3 Å². The Morgan fingerprint density at radius 2 is 2.28 bits per heavy atom. The smallest absolute Gasteiger partial charge is 0.261 e. The fraction of sp³-hybridized carbons (Fsp3) is 0.0909. The maximum atomic E-state index is 12.1. The second kappa shape index (κ2) is 4.19. The van der Waals surface area contributed by atoms with Crippen LogP contribution in [-0.4, -0.2) is 25.5 Å². The summed E-state index contributed by atoms with van der Waals surface area (Å²) in [5, 5.41) is 11.7. The minimum atomic E-state index is -0.233. The molecule has 0 radical (unpaired) electrons. The molecule has 1 amide bonds. The summed E-state index contributed by atoms with van der Waals surface area (Å²) in [5.74, 6) is -0.233. The first-order chi connectivity index (χ1) is 8.74. The number of carbonyl (C=O) groups excluding carboxylic acids is 1.